The van der Waals surface area contributed by atoms with Crippen molar-refractivity contribution in [3.8, 4) is 11.5 Å². The van der Waals surface area contributed by atoms with E-state index in [9.17, 15) is 8.42 Å². The summed E-state index contributed by atoms with van der Waals surface area (Å²) in [6.07, 6.45) is 0.753. The summed E-state index contributed by atoms with van der Waals surface area (Å²) in [5, 5.41) is 3.31. The Bertz CT molecular complexity index is 615. The fourth-order valence-corrected chi connectivity index (χ4v) is 4.09. The summed E-state index contributed by atoms with van der Waals surface area (Å²) in [7, 11) is -0.574. The van der Waals surface area contributed by atoms with Crippen molar-refractivity contribution in [2.45, 2.75) is 51.1 Å². The number of benzene rings is 1. The van der Waals surface area contributed by atoms with Crippen LogP contribution in [0.25, 0.3) is 0 Å². The molecule has 0 amide bonds. The lowest BCUT2D eigenvalue weighted by Crippen LogP contribution is -2.39. The molecule has 24 heavy (non-hydrogen) atoms. The van der Waals surface area contributed by atoms with E-state index in [0.29, 0.717) is 24.1 Å². The minimum absolute atomic E-state index is 0.123. The number of methoxy groups -OCH3 is 2. The number of hydrogen-bond acceptors (Lipinski definition) is 5. The monoisotopic (exact) mass is 358 g/mol. The fraction of sp³-hybridized carbons (Fsp3) is 0.647. The molecule has 1 rings (SSSR count). The van der Waals surface area contributed by atoms with Gasteiger partial charge in [-0.25, -0.2) is 8.42 Å². The van der Waals surface area contributed by atoms with Crippen LogP contribution in [0, 0.1) is 0 Å². The molecule has 0 atom stereocenters. The van der Waals surface area contributed by atoms with Gasteiger partial charge in [-0.05, 0) is 38.9 Å². The Kier molecular flexibility index (Phi) is 7.99. The van der Waals surface area contributed by atoms with Crippen molar-refractivity contribution in [1.82, 2.24) is 9.62 Å². The maximum Gasteiger partial charge on any atom is 0.243 e. The summed E-state index contributed by atoms with van der Waals surface area (Å²) in [4.78, 5) is 0.214. The Morgan fingerprint density at radius 3 is 2.21 bits per heavy atom. The maximum atomic E-state index is 13.0. The van der Waals surface area contributed by atoms with Crippen LogP contribution in [0.2, 0.25) is 0 Å². The van der Waals surface area contributed by atoms with Crippen molar-refractivity contribution >= 4 is 10.0 Å². The number of ether oxygens (including phenoxy) is 2. The van der Waals surface area contributed by atoms with Crippen LogP contribution in [0.5, 0.6) is 11.5 Å². The molecule has 0 heterocycles. The first-order valence-corrected chi connectivity index (χ1v) is 9.65. The number of hydrogen-bond donors (Lipinski definition) is 1. The highest BCUT2D eigenvalue weighted by molar-refractivity contribution is 7.89. The van der Waals surface area contributed by atoms with Gasteiger partial charge >= 0.3 is 0 Å². The standard InChI is InChI=1S/C17H30N2O4S/c1-13(2)18-10-7-11-19(14(3)4)24(20,21)15-8-9-16(22-5)17(12-15)23-6/h8-9,12-14,18H,7,10-11H2,1-6H3. The molecular formula is C17H30N2O4S. The molecule has 0 fully saturated rings. The van der Waals surface area contributed by atoms with Crippen molar-refractivity contribution < 1.29 is 17.9 Å². The molecule has 1 aromatic rings. The van der Waals surface area contributed by atoms with Gasteiger partial charge in [-0.3, -0.25) is 0 Å². The lowest BCUT2D eigenvalue weighted by molar-refractivity contribution is 0.342. The van der Waals surface area contributed by atoms with E-state index in [4.69, 9.17) is 9.47 Å². The SMILES string of the molecule is COc1ccc(S(=O)(=O)N(CCCNC(C)C)C(C)C)cc1OC. The molecule has 0 radical (unpaired) electrons. The van der Waals surface area contributed by atoms with Crippen molar-refractivity contribution in [2.75, 3.05) is 27.3 Å². The fourth-order valence-electron chi connectivity index (χ4n) is 2.39. The highest BCUT2D eigenvalue weighted by atomic mass is 32.2. The van der Waals surface area contributed by atoms with Gasteiger partial charge in [-0.15, -0.1) is 0 Å². The zero-order valence-corrected chi connectivity index (χ0v) is 16.3. The Labute approximate surface area is 146 Å². The first-order valence-electron chi connectivity index (χ1n) is 8.21. The van der Waals surface area contributed by atoms with Gasteiger partial charge in [0.05, 0.1) is 19.1 Å². The van der Waals surface area contributed by atoms with Crippen LogP contribution < -0.4 is 14.8 Å². The summed E-state index contributed by atoms with van der Waals surface area (Å²) in [6, 6.07) is 4.95. The smallest absolute Gasteiger partial charge is 0.243 e. The molecule has 6 nitrogen and oxygen atoms in total. The summed E-state index contributed by atoms with van der Waals surface area (Å²) >= 11 is 0. The average molecular weight is 359 g/mol. The van der Waals surface area contributed by atoms with E-state index in [1.54, 1.807) is 12.1 Å². The predicted molar refractivity (Wildman–Crippen MR) is 96.3 cm³/mol. The maximum absolute atomic E-state index is 13.0. The second-order valence-electron chi connectivity index (χ2n) is 6.19. The van der Waals surface area contributed by atoms with Gasteiger partial charge < -0.3 is 14.8 Å². The normalized spacial score (nSPS) is 12.2. The Balaban J connectivity index is 3.00. The number of nitrogens with one attached hydrogen (secondary N) is 1. The van der Waals surface area contributed by atoms with Crippen LogP contribution in [0.15, 0.2) is 23.1 Å². The third-order valence-electron chi connectivity index (χ3n) is 3.65. The third kappa shape index (κ3) is 5.36. The number of nitrogens with zero attached hydrogens (tertiary/aromatic N) is 1. The van der Waals surface area contributed by atoms with Gasteiger partial charge in [-0.1, -0.05) is 13.8 Å². The van der Waals surface area contributed by atoms with E-state index in [2.05, 4.69) is 19.2 Å². The highest BCUT2D eigenvalue weighted by Gasteiger charge is 2.27. The van der Waals surface area contributed by atoms with Gasteiger partial charge in [0.1, 0.15) is 0 Å². The van der Waals surface area contributed by atoms with E-state index in [-0.39, 0.29) is 10.9 Å². The number of sulfonamides is 1. The second-order valence-corrected chi connectivity index (χ2v) is 8.08. The first kappa shape index (κ1) is 20.7. The van der Waals surface area contributed by atoms with E-state index < -0.39 is 10.0 Å². The summed E-state index contributed by atoms with van der Waals surface area (Å²) in [6.45, 7) is 9.15. The predicted octanol–water partition coefficient (Wildman–Crippen LogP) is 2.49. The van der Waals surface area contributed by atoms with Crippen LogP contribution in [0.4, 0.5) is 0 Å². The molecule has 1 aromatic carbocycles. The lowest BCUT2D eigenvalue weighted by Gasteiger charge is -2.26. The molecular weight excluding hydrogens is 328 g/mol. The molecule has 138 valence electrons. The van der Waals surface area contributed by atoms with Gasteiger partial charge in [0.25, 0.3) is 0 Å². The summed E-state index contributed by atoms with van der Waals surface area (Å²) in [5.41, 5.74) is 0. The van der Waals surface area contributed by atoms with Crippen molar-refractivity contribution in [3.05, 3.63) is 18.2 Å². The first-order chi connectivity index (χ1) is 11.2. The third-order valence-corrected chi connectivity index (χ3v) is 5.72. The molecule has 0 aliphatic rings. The quantitative estimate of drug-likeness (QED) is 0.651. The Morgan fingerprint density at radius 2 is 1.71 bits per heavy atom. The van der Waals surface area contributed by atoms with Crippen molar-refractivity contribution in [1.29, 1.82) is 0 Å². The van der Waals surface area contributed by atoms with E-state index in [0.717, 1.165) is 13.0 Å². The minimum atomic E-state index is -3.59. The molecule has 1 N–H and O–H groups in total. The zero-order valence-electron chi connectivity index (χ0n) is 15.5. The zero-order chi connectivity index (χ0) is 18.3. The average Bonchev–Trinajstić information content (AvgIpc) is 2.52. The van der Waals surface area contributed by atoms with Crippen molar-refractivity contribution in [3.63, 3.8) is 0 Å². The lowest BCUT2D eigenvalue weighted by atomic mass is 10.3. The Hall–Kier alpha value is -1.31. The Morgan fingerprint density at radius 1 is 1.08 bits per heavy atom. The van der Waals surface area contributed by atoms with E-state index >= 15 is 0 Å². The van der Waals surface area contributed by atoms with Crippen LogP contribution in [0.3, 0.4) is 0 Å². The molecule has 0 aliphatic carbocycles. The van der Waals surface area contributed by atoms with Gasteiger partial charge in [-0.2, -0.15) is 4.31 Å². The number of rotatable bonds is 10. The van der Waals surface area contributed by atoms with Crippen LogP contribution in [-0.2, 0) is 10.0 Å². The molecule has 0 spiro atoms. The second kappa shape index (κ2) is 9.25. The van der Waals surface area contributed by atoms with Crippen molar-refractivity contribution in [2.24, 2.45) is 0 Å². The molecule has 0 bridgehead atoms. The summed E-state index contributed by atoms with van der Waals surface area (Å²) < 4.78 is 37.9. The topological polar surface area (TPSA) is 67.9 Å². The molecule has 0 saturated carbocycles. The van der Waals surface area contributed by atoms with Gasteiger partial charge in [0.15, 0.2) is 11.5 Å². The summed E-state index contributed by atoms with van der Waals surface area (Å²) in [5.74, 6) is 0.914. The highest BCUT2D eigenvalue weighted by Crippen LogP contribution is 2.31. The molecule has 7 heteroatoms. The molecule has 0 saturated heterocycles. The molecule has 0 aromatic heterocycles. The van der Waals surface area contributed by atoms with E-state index in [1.165, 1.54) is 24.6 Å². The van der Waals surface area contributed by atoms with Gasteiger partial charge in [0.2, 0.25) is 10.0 Å². The van der Waals surface area contributed by atoms with Gasteiger partial charge in [0, 0.05) is 24.7 Å². The molecule has 0 unspecified atom stereocenters. The minimum Gasteiger partial charge on any atom is -0.493 e. The van der Waals surface area contributed by atoms with Crippen LogP contribution >= 0.6 is 0 Å². The van der Waals surface area contributed by atoms with Crippen LogP contribution in [-0.4, -0.2) is 52.1 Å². The van der Waals surface area contributed by atoms with Crippen LogP contribution in [0.1, 0.15) is 34.1 Å². The molecule has 0 aliphatic heterocycles. The largest absolute Gasteiger partial charge is 0.493 e. The van der Waals surface area contributed by atoms with E-state index in [1.807, 2.05) is 13.8 Å².